The number of H-pyrrole nitrogens is 1. The molecule has 0 atom stereocenters. The summed E-state index contributed by atoms with van der Waals surface area (Å²) in [6.45, 7) is 0. The lowest BCUT2D eigenvalue weighted by Gasteiger charge is -2.10. The molecule has 4 aromatic rings. The van der Waals surface area contributed by atoms with Crippen LogP contribution in [0.2, 0.25) is 0 Å². The lowest BCUT2D eigenvalue weighted by Crippen LogP contribution is -1.91. The van der Waals surface area contributed by atoms with Gasteiger partial charge in [0.15, 0.2) is 11.5 Å². The Balaban J connectivity index is 1.83. The van der Waals surface area contributed by atoms with Gasteiger partial charge in [-0.15, -0.1) is 0 Å². The van der Waals surface area contributed by atoms with Gasteiger partial charge in [-0.25, -0.2) is 4.98 Å². The van der Waals surface area contributed by atoms with Gasteiger partial charge in [0.25, 0.3) is 0 Å². The molecule has 0 saturated heterocycles. The van der Waals surface area contributed by atoms with Crippen molar-refractivity contribution < 1.29 is 9.47 Å². The van der Waals surface area contributed by atoms with E-state index in [0.717, 1.165) is 33.4 Å². The zero-order valence-electron chi connectivity index (χ0n) is 14.3. The van der Waals surface area contributed by atoms with Gasteiger partial charge in [0, 0.05) is 18.2 Å². The average molecular weight is 334 g/mol. The summed E-state index contributed by atoms with van der Waals surface area (Å²) in [4.78, 5) is 4.37. The number of hydrogen-bond donors (Lipinski definition) is 1. The van der Waals surface area contributed by atoms with Crippen molar-refractivity contribution in [3.8, 4) is 33.9 Å². The zero-order valence-corrected chi connectivity index (χ0v) is 14.3. The number of aromatic amines is 1. The molecule has 2 aromatic carbocycles. The van der Waals surface area contributed by atoms with Crippen molar-refractivity contribution in [2.75, 3.05) is 14.2 Å². The molecule has 1 N–H and O–H groups in total. The van der Waals surface area contributed by atoms with Crippen LogP contribution in [0.1, 0.15) is 0 Å². The van der Waals surface area contributed by atoms with Crippen LogP contribution in [0.25, 0.3) is 33.4 Å². The molecule has 25 heavy (non-hydrogen) atoms. The first kappa shape index (κ1) is 15.3. The Bertz CT molecular complexity index is 1050. The third kappa shape index (κ3) is 2.52. The number of aryl methyl sites for hydroxylation is 1. The van der Waals surface area contributed by atoms with Gasteiger partial charge in [-0.3, -0.25) is 5.10 Å². The van der Waals surface area contributed by atoms with Gasteiger partial charge in [0.1, 0.15) is 0 Å². The van der Waals surface area contributed by atoms with Crippen molar-refractivity contribution in [2.45, 2.75) is 0 Å². The molecule has 0 radical (unpaired) electrons. The summed E-state index contributed by atoms with van der Waals surface area (Å²) in [6.07, 6.45) is 3.66. The van der Waals surface area contributed by atoms with Crippen LogP contribution >= 0.6 is 0 Å². The molecular weight excluding hydrogens is 316 g/mol. The molecule has 6 nitrogen and oxygen atoms in total. The predicted octanol–water partition coefficient (Wildman–Crippen LogP) is 3.65. The molecule has 0 unspecified atom stereocenters. The molecule has 6 heteroatoms. The first-order valence-corrected chi connectivity index (χ1v) is 7.88. The van der Waals surface area contributed by atoms with Gasteiger partial charge in [0.05, 0.1) is 43.5 Å². The van der Waals surface area contributed by atoms with Crippen molar-refractivity contribution in [2.24, 2.45) is 7.05 Å². The zero-order chi connectivity index (χ0) is 17.4. The third-order valence-corrected chi connectivity index (χ3v) is 4.35. The fraction of sp³-hybridized carbons (Fsp3) is 0.158. The van der Waals surface area contributed by atoms with Gasteiger partial charge < -0.3 is 14.0 Å². The van der Waals surface area contributed by atoms with E-state index in [1.165, 1.54) is 0 Å². The maximum atomic E-state index is 5.41. The van der Waals surface area contributed by atoms with Crippen LogP contribution in [-0.4, -0.2) is 34.0 Å². The highest BCUT2D eigenvalue weighted by Crippen LogP contribution is 2.36. The number of nitrogens with one attached hydrogen (secondary N) is 1. The summed E-state index contributed by atoms with van der Waals surface area (Å²) in [5, 5.41) is 7.34. The van der Waals surface area contributed by atoms with Crippen LogP contribution < -0.4 is 9.47 Å². The van der Waals surface area contributed by atoms with E-state index < -0.39 is 0 Å². The molecule has 2 aromatic heterocycles. The average Bonchev–Trinajstić information content (AvgIpc) is 3.28. The number of ether oxygens (including phenoxy) is 2. The lowest BCUT2D eigenvalue weighted by atomic mass is 10.0. The van der Waals surface area contributed by atoms with Crippen molar-refractivity contribution in [3.63, 3.8) is 0 Å². The summed E-state index contributed by atoms with van der Waals surface area (Å²) in [6, 6.07) is 12.0. The topological polar surface area (TPSA) is 65.0 Å². The fourth-order valence-electron chi connectivity index (χ4n) is 3.01. The predicted molar refractivity (Wildman–Crippen MR) is 96.8 cm³/mol. The molecule has 0 spiro atoms. The maximum Gasteiger partial charge on any atom is 0.161 e. The van der Waals surface area contributed by atoms with E-state index in [1.54, 1.807) is 14.2 Å². The van der Waals surface area contributed by atoms with E-state index >= 15 is 0 Å². The van der Waals surface area contributed by atoms with E-state index in [-0.39, 0.29) is 0 Å². The highest BCUT2D eigenvalue weighted by atomic mass is 16.5. The lowest BCUT2D eigenvalue weighted by molar-refractivity contribution is 0.355. The smallest absolute Gasteiger partial charge is 0.161 e. The molecule has 0 amide bonds. The van der Waals surface area contributed by atoms with E-state index in [2.05, 4.69) is 27.3 Å². The van der Waals surface area contributed by atoms with Crippen molar-refractivity contribution in [3.05, 3.63) is 48.9 Å². The van der Waals surface area contributed by atoms with Crippen molar-refractivity contribution >= 4 is 11.0 Å². The minimum Gasteiger partial charge on any atom is -0.493 e. The van der Waals surface area contributed by atoms with Crippen molar-refractivity contribution in [1.82, 2.24) is 19.7 Å². The Kier molecular flexibility index (Phi) is 3.65. The molecule has 0 fully saturated rings. The first-order chi connectivity index (χ1) is 12.2. The van der Waals surface area contributed by atoms with Crippen LogP contribution in [0.5, 0.6) is 11.5 Å². The highest BCUT2D eigenvalue weighted by molar-refractivity contribution is 5.87. The second-order valence-electron chi connectivity index (χ2n) is 5.79. The summed E-state index contributed by atoms with van der Waals surface area (Å²) in [7, 11) is 5.25. The molecule has 0 saturated carbocycles. The molecule has 4 rings (SSSR count). The summed E-state index contributed by atoms with van der Waals surface area (Å²) in [5.41, 5.74) is 6.07. The van der Waals surface area contributed by atoms with Crippen LogP contribution in [0.15, 0.2) is 48.9 Å². The number of hydrogen-bond acceptors (Lipinski definition) is 4. The number of rotatable bonds is 4. The Morgan fingerprint density at radius 3 is 2.56 bits per heavy atom. The highest BCUT2D eigenvalue weighted by Gasteiger charge is 2.14. The molecule has 126 valence electrons. The van der Waals surface area contributed by atoms with Crippen LogP contribution in [0, 0.1) is 0 Å². The minimum absolute atomic E-state index is 0.683. The number of benzene rings is 2. The normalized spacial score (nSPS) is 11.0. The van der Waals surface area contributed by atoms with Gasteiger partial charge >= 0.3 is 0 Å². The summed E-state index contributed by atoms with van der Waals surface area (Å²) >= 11 is 0. The van der Waals surface area contributed by atoms with Crippen LogP contribution in [0.3, 0.4) is 0 Å². The Morgan fingerprint density at radius 1 is 0.960 bits per heavy atom. The molecule has 2 heterocycles. The van der Waals surface area contributed by atoms with E-state index in [0.29, 0.717) is 11.5 Å². The Morgan fingerprint density at radius 2 is 1.76 bits per heavy atom. The van der Waals surface area contributed by atoms with Gasteiger partial charge in [-0.2, -0.15) is 5.10 Å². The molecule has 0 aliphatic carbocycles. The number of methoxy groups -OCH3 is 2. The monoisotopic (exact) mass is 334 g/mol. The number of aromatic nitrogens is 4. The van der Waals surface area contributed by atoms with E-state index in [4.69, 9.17) is 9.47 Å². The Labute approximate surface area is 145 Å². The van der Waals surface area contributed by atoms with Crippen LogP contribution in [0.4, 0.5) is 0 Å². The van der Waals surface area contributed by atoms with Crippen molar-refractivity contribution in [1.29, 1.82) is 0 Å². The summed E-state index contributed by atoms with van der Waals surface area (Å²) in [5.74, 6) is 1.38. The fourth-order valence-corrected chi connectivity index (χ4v) is 3.01. The van der Waals surface area contributed by atoms with Crippen LogP contribution in [-0.2, 0) is 7.05 Å². The summed E-state index contributed by atoms with van der Waals surface area (Å²) < 4.78 is 12.7. The molecule has 0 aliphatic heterocycles. The number of fused-ring (bicyclic) bond motifs is 1. The standard InChI is InChI=1S/C19H18N4O2/c1-23-11-20-15-6-4-12(8-16(15)23)14-10-21-22-19(14)13-5-7-17(24-2)18(9-13)25-3/h4-11H,1-3H3,(H,21,22). The van der Waals surface area contributed by atoms with Gasteiger partial charge in [-0.05, 0) is 35.9 Å². The third-order valence-electron chi connectivity index (χ3n) is 4.35. The first-order valence-electron chi connectivity index (χ1n) is 7.88. The van der Waals surface area contributed by atoms with E-state index in [9.17, 15) is 0 Å². The minimum atomic E-state index is 0.683. The molecular formula is C19H18N4O2. The molecule has 0 aliphatic rings. The quantitative estimate of drug-likeness (QED) is 0.619. The van der Waals surface area contributed by atoms with Gasteiger partial charge in [-0.1, -0.05) is 6.07 Å². The number of imidazole rings is 1. The number of nitrogens with zero attached hydrogens (tertiary/aromatic N) is 3. The second kappa shape index (κ2) is 5.98. The largest absolute Gasteiger partial charge is 0.493 e. The molecule has 0 bridgehead atoms. The van der Waals surface area contributed by atoms with E-state index in [1.807, 2.05) is 48.4 Å². The Hall–Kier alpha value is -3.28. The van der Waals surface area contributed by atoms with Gasteiger partial charge in [0.2, 0.25) is 0 Å². The SMILES string of the molecule is COc1ccc(-c2[nH]ncc2-c2ccc3ncn(C)c3c2)cc1OC. The second-order valence-corrected chi connectivity index (χ2v) is 5.79. The maximum absolute atomic E-state index is 5.41.